The largest absolute Gasteiger partial charge is 0.394 e. The van der Waals surface area contributed by atoms with Crippen LogP contribution < -0.4 is 10.6 Å². The monoisotopic (exact) mass is 298 g/mol. The summed E-state index contributed by atoms with van der Waals surface area (Å²) in [6.07, 6.45) is 1.61. The van der Waals surface area contributed by atoms with Gasteiger partial charge in [0.15, 0.2) is 0 Å². The van der Waals surface area contributed by atoms with Crippen molar-refractivity contribution in [3.8, 4) is 0 Å². The van der Waals surface area contributed by atoms with Gasteiger partial charge >= 0.3 is 6.03 Å². The molecule has 0 aliphatic carbocycles. The van der Waals surface area contributed by atoms with Crippen LogP contribution in [0, 0.1) is 0 Å². The smallest absolute Gasteiger partial charge is 0.315 e. The lowest BCUT2D eigenvalue weighted by Gasteiger charge is -2.29. The van der Waals surface area contributed by atoms with E-state index in [0.29, 0.717) is 5.02 Å². The van der Waals surface area contributed by atoms with Gasteiger partial charge in [0, 0.05) is 5.02 Å². The molecule has 20 heavy (non-hydrogen) atoms. The second-order valence-electron chi connectivity index (χ2n) is 5.34. The van der Waals surface area contributed by atoms with Crippen LogP contribution in [0.4, 0.5) is 4.79 Å². The van der Waals surface area contributed by atoms with Gasteiger partial charge < -0.3 is 15.7 Å². The first-order valence-corrected chi connectivity index (χ1v) is 7.23. The Morgan fingerprint density at radius 2 is 2.20 bits per heavy atom. The fourth-order valence-corrected chi connectivity index (χ4v) is 2.30. The van der Waals surface area contributed by atoms with Crippen LogP contribution in [0.25, 0.3) is 0 Å². The molecule has 2 atom stereocenters. The summed E-state index contributed by atoms with van der Waals surface area (Å²) in [6.45, 7) is 5.66. The number of halogens is 1. The van der Waals surface area contributed by atoms with Crippen LogP contribution >= 0.6 is 11.6 Å². The van der Waals surface area contributed by atoms with Gasteiger partial charge in [0.2, 0.25) is 0 Å². The first-order chi connectivity index (χ1) is 9.40. The van der Waals surface area contributed by atoms with Crippen LogP contribution in [0.5, 0.6) is 0 Å². The van der Waals surface area contributed by atoms with E-state index in [-0.39, 0.29) is 18.7 Å². The SMILES string of the molecule is CCCC(C)(CO)NC(=O)NC(C)c1cccc(Cl)c1. The van der Waals surface area contributed by atoms with E-state index in [1.807, 2.05) is 39.0 Å². The van der Waals surface area contributed by atoms with E-state index in [0.717, 1.165) is 18.4 Å². The van der Waals surface area contributed by atoms with E-state index in [2.05, 4.69) is 10.6 Å². The summed E-state index contributed by atoms with van der Waals surface area (Å²) in [6, 6.07) is 6.93. The number of hydrogen-bond acceptors (Lipinski definition) is 2. The molecule has 1 aromatic rings. The van der Waals surface area contributed by atoms with Crippen LogP contribution in [0.1, 0.15) is 45.2 Å². The Morgan fingerprint density at radius 1 is 1.50 bits per heavy atom. The molecule has 1 aromatic carbocycles. The number of rotatable bonds is 6. The Hall–Kier alpha value is -1.26. The Kier molecular flexibility index (Phi) is 6.30. The lowest BCUT2D eigenvalue weighted by molar-refractivity contribution is 0.162. The van der Waals surface area contributed by atoms with Crippen molar-refractivity contribution in [1.82, 2.24) is 10.6 Å². The number of benzene rings is 1. The van der Waals surface area contributed by atoms with Crippen molar-refractivity contribution in [2.45, 2.75) is 45.2 Å². The molecule has 0 saturated carbocycles. The standard InChI is InChI=1S/C15H23ClN2O2/c1-4-8-15(3,10-19)18-14(20)17-11(2)12-6-5-7-13(16)9-12/h5-7,9,11,19H,4,8,10H2,1-3H3,(H2,17,18,20). The summed E-state index contributed by atoms with van der Waals surface area (Å²) in [4.78, 5) is 12.0. The van der Waals surface area contributed by atoms with E-state index in [9.17, 15) is 9.90 Å². The third-order valence-corrected chi connectivity index (χ3v) is 3.50. The zero-order chi connectivity index (χ0) is 15.2. The topological polar surface area (TPSA) is 61.4 Å². The number of nitrogens with one attached hydrogen (secondary N) is 2. The molecule has 0 radical (unpaired) electrons. The van der Waals surface area contributed by atoms with Gasteiger partial charge in [0.05, 0.1) is 18.2 Å². The maximum atomic E-state index is 12.0. The molecule has 4 nitrogen and oxygen atoms in total. The maximum Gasteiger partial charge on any atom is 0.315 e. The summed E-state index contributed by atoms with van der Waals surface area (Å²) >= 11 is 5.93. The molecule has 0 aliphatic heterocycles. The average Bonchev–Trinajstić information content (AvgIpc) is 2.38. The summed E-state index contributed by atoms with van der Waals surface area (Å²) in [5.41, 5.74) is 0.348. The fourth-order valence-electron chi connectivity index (χ4n) is 2.10. The molecule has 0 aliphatic rings. The molecule has 112 valence electrons. The van der Waals surface area contributed by atoms with E-state index < -0.39 is 5.54 Å². The number of urea groups is 1. The molecule has 3 N–H and O–H groups in total. The van der Waals surface area contributed by atoms with Gasteiger partial charge in [-0.2, -0.15) is 0 Å². The second kappa shape index (κ2) is 7.50. The van der Waals surface area contributed by atoms with Crippen molar-refractivity contribution in [2.75, 3.05) is 6.61 Å². The van der Waals surface area contributed by atoms with Gasteiger partial charge in [-0.15, -0.1) is 0 Å². The van der Waals surface area contributed by atoms with Crippen molar-refractivity contribution in [3.63, 3.8) is 0 Å². The summed E-state index contributed by atoms with van der Waals surface area (Å²) in [5.74, 6) is 0. The number of aliphatic hydroxyl groups is 1. The Labute approximate surface area is 125 Å². The van der Waals surface area contributed by atoms with Gasteiger partial charge in [-0.25, -0.2) is 4.79 Å². The van der Waals surface area contributed by atoms with Gasteiger partial charge in [0.25, 0.3) is 0 Å². The minimum atomic E-state index is -0.590. The first-order valence-electron chi connectivity index (χ1n) is 6.85. The minimum absolute atomic E-state index is 0.0835. The number of aliphatic hydroxyl groups excluding tert-OH is 1. The van der Waals surface area contributed by atoms with E-state index in [1.54, 1.807) is 6.07 Å². The van der Waals surface area contributed by atoms with Gasteiger partial charge in [-0.05, 0) is 38.0 Å². The average molecular weight is 299 g/mol. The molecule has 0 bridgehead atoms. The molecular weight excluding hydrogens is 276 g/mol. The van der Waals surface area contributed by atoms with E-state index in [1.165, 1.54) is 0 Å². The molecule has 1 rings (SSSR count). The molecule has 0 aromatic heterocycles. The zero-order valence-corrected chi connectivity index (χ0v) is 13.0. The quantitative estimate of drug-likeness (QED) is 0.755. The van der Waals surface area contributed by atoms with Crippen molar-refractivity contribution in [1.29, 1.82) is 0 Å². The summed E-state index contributed by atoms with van der Waals surface area (Å²) in [7, 11) is 0. The van der Waals surface area contributed by atoms with Crippen molar-refractivity contribution in [2.24, 2.45) is 0 Å². The van der Waals surface area contributed by atoms with Gasteiger partial charge in [0.1, 0.15) is 0 Å². The lowest BCUT2D eigenvalue weighted by Crippen LogP contribution is -2.52. The second-order valence-corrected chi connectivity index (χ2v) is 5.78. The number of hydrogen-bond donors (Lipinski definition) is 3. The van der Waals surface area contributed by atoms with Crippen LogP contribution in [0.15, 0.2) is 24.3 Å². The van der Waals surface area contributed by atoms with Gasteiger partial charge in [-0.1, -0.05) is 37.1 Å². The minimum Gasteiger partial charge on any atom is -0.394 e. The maximum absolute atomic E-state index is 12.0. The number of carbonyl (C=O) groups excluding carboxylic acids is 1. The Bertz CT molecular complexity index is 453. The predicted molar refractivity (Wildman–Crippen MR) is 81.9 cm³/mol. The predicted octanol–water partition coefficient (Wildman–Crippen LogP) is 3.25. The molecule has 5 heteroatoms. The van der Waals surface area contributed by atoms with Crippen molar-refractivity contribution in [3.05, 3.63) is 34.9 Å². The fraction of sp³-hybridized carbons (Fsp3) is 0.533. The summed E-state index contributed by atoms with van der Waals surface area (Å²) < 4.78 is 0. The van der Waals surface area contributed by atoms with Crippen molar-refractivity contribution < 1.29 is 9.90 Å². The molecule has 0 heterocycles. The molecule has 0 spiro atoms. The molecule has 2 unspecified atom stereocenters. The van der Waals surface area contributed by atoms with Crippen LogP contribution in [0.2, 0.25) is 5.02 Å². The number of amides is 2. The van der Waals surface area contributed by atoms with Crippen LogP contribution in [-0.2, 0) is 0 Å². The van der Waals surface area contributed by atoms with Crippen molar-refractivity contribution >= 4 is 17.6 Å². The van der Waals surface area contributed by atoms with Crippen LogP contribution in [-0.4, -0.2) is 23.3 Å². The lowest BCUT2D eigenvalue weighted by atomic mass is 9.97. The van der Waals surface area contributed by atoms with Crippen LogP contribution in [0.3, 0.4) is 0 Å². The third-order valence-electron chi connectivity index (χ3n) is 3.26. The Morgan fingerprint density at radius 3 is 2.75 bits per heavy atom. The molecule has 0 saturated heterocycles. The highest BCUT2D eigenvalue weighted by atomic mass is 35.5. The highest BCUT2D eigenvalue weighted by Gasteiger charge is 2.25. The third kappa shape index (κ3) is 5.02. The zero-order valence-electron chi connectivity index (χ0n) is 12.2. The highest BCUT2D eigenvalue weighted by molar-refractivity contribution is 6.30. The molecular formula is C15H23ClN2O2. The van der Waals surface area contributed by atoms with E-state index >= 15 is 0 Å². The molecule has 0 fully saturated rings. The first kappa shape index (κ1) is 16.8. The Balaban J connectivity index is 2.62. The number of carbonyl (C=O) groups is 1. The van der Waals surface area contributed by atoms with E-state index in [4.69, 9.17) is 11.6 Å². The molecule has 2 amide bonds. The summed E-state index contributed by atoms with van der Waals surface area (Å²) in [5, 5.41) is 15.7. The normalized spacial score (nSPS) is 15.2. The van der Waals surface area contributed by atoms with Gasteiger partial charge in [-0.3, -0.25) is 0 Å². The highest BCUT2D eigenvalue weighted by Crippen LogP contribution is 2.17.